The summed E-state index contributed by atoms with van der Waals surface area (Å²) in [7, 11) is 3.41. The lowest BCUT2D eigenvalue weighted by Gasteiger charge is -2.47. The average Bonchev–Trinajstić information content (AvgIpc) is 4.11. The number of aromatic nitrogens is 3. The number of aryl methyl sites for hydroxylation is 1. The van der Waals surface area contributed by atoms with Crippen LogP contribution in [0.25, 0.3) is 11.3 Å². The standard InChI is InChI=1S/C53H62F8N10O8/c1-50(2,52(56,57)58)44(65-49(76)77-7)46(73)64-41(20-31-11-8-30(9-12-31)10-13-32-14-17-43(63-23-32)69-24-34-15-16-35(25-69)71(34)36-28-78-29-36)42(72)27-70(67-47(74)45(79-48(75)62-5)51(3,4)53(59,60)61)26-37-38(54)21-33(22-39(37)55)40-18-19-68(6)66-40/h8-9,11-12,14,17-19,21-23,34-36,41-42,44-45,72H,15-16,20,24-29H2,1-7H3,(H,62,75)(H,64,73)(H,65,76)(H,67,74)/t34-,35-,41-,42-,44+,45+/m0/s1. The highest BCUT2D eigenvalue weighted by Gasteiger charge is 2.58. The molecule has 18 nitrogen and oxygen atoms in total. The number of amides is 4. The van der Waals surface area contributed by atoms with Crippen molar-refractivity contribution in [2.24, 2.45) is 17.9 Å². The normalized spacial score (nSPS) is 18.6. The fraction of sp³-hybridized carbons (Fsp3) is 0.509. The number of alkyl halides is 6. The van der Waals surface area contributed by atoms with E-state index in [9.17, 15) is 50.6 Å². The second kappa shape index (κ2) is 24.1. The molecule has 0 aliphatic carbocycles. The molecular weight excluding hydrogens is 1060 g/mol. The van der Waals surface area contributed by atoms with Crippen molar-refractivity contribution < 1.29 is 73.6 Å². The number of benzene rings is 2. The van der Waals surface area contributed by atoms with Crippen LogP contribution < -0.4 is 26.3 Å². The van der Waals surface area contributed by atoms with Crippen molar-refractivity contribution in [2.45, 2.75) is 108 Å². The summed E-state index contributed by atoms with van der Waals surface area (Å²) in [5, 5.41) is 23.0. The lowest BCUT2D eigenvalue weighted by Crippen LogP contribution is -2.62. The number of rotatable bonds is 18. The number of aliphatic hydroxyl groups is 1. The number of carbonyl (C=O) groups is 4. The molecule has 6 atom stereocenters. The molecule has 5 heterocycles. The molecule has 4 amide bonds. The molecule has 3 aliphatic rings. The molecule has 428 valence electrons. The zero-order valence-electron chi connectivity index (χ0n) is 44.3. The van der Waals surface area contributed by atoms with Crippen LogP contribution in [0, 0.1) is 34.3 Å². The predicted molar refractivity (Wildman–Crippen MR) is 269 cm³/mol. The fourth-order valence-electron chi connectivity index (χ4n) is 9.57. The van der Waals surface area contributed by atoms with Crippen LogP contribution in [-0.4, -0.2) is 156 Å². The number of methoxy groups -OCH3 is 1. The number of carbonyl (C=O) groups excluding carboxylic acids is 4. The van der Waals surface area contributed by atoms with Gasteiger partial charge in [-0.2, -0.15) is 31.4 Å². The first-order valence-corrected chi connectivity index (χ1v) is 25.1. The number of alkyl carbamates (subject to hydrolysis) is 2. The Bertz CT molecular complexity index is 2850. The molecule has 0 unspecified atom stereocenters. The molecule has 26 heteroatoms. The zero-order chi connectivity index (χ0) is 57.8. The molecule has 2 bridgehead atoms. The molecule has 79 heavy (non-hydrogen) atoms. The molecule has 3 aliphatic heterocycles. The van der Waals surface area contributed by atoms with Gasteiger partial charge >= 0.3 is 24.5 Å². The second-order valence-electron chi connectivity index (χ2n) is 20.9. The monoisotopic (exact) mass is 1120 g/mol. The van der Waals surface area contributed by atoms with Gasteiger partial charge in [0.05, 0.1) is 49.6 Å². The maximum absolute atomic E-state index is 16.0. The smallest absolute Gasteiger partial charge is 0.407 e. The van der Waals surface area contributed by atoms with E-state index in [1.807, 2.05) is 22.8 Å². The first kappa shape index (κ1) is 59.6. The van der Waals surface area contributed by atoms with Crippen molar-refractivity contribution in [2.75, 3.05) is 51.9 Å². The number of hydrogen-bond donors (Lipinski definition) is 5. The van der Waals surface area contributed by atoms with Crippen molar-refractivity contribution in [3.05, 3.63) is 101 Å². The molecule has 0 spiro atoms. The van der Waals surface area contributed by atoms with E-state index < -0.39 is 108 Å². The van der Waals surface area contributed by atoms with Crippen LogP contribution in [0.15, 0.2) is 67.0 Å². The summed E-state index contributed by atoms with van der Waals surface area (Å²) in [6.45, 7) is 3.48. The highest BCUT2D eigenvalue weighted by molar-refractivity contribution is 5.87. The molecule has 3 saturated heterocycles. The van der Waals surface area contributed by atoms with Gasteiger partial charge < -0.3 is 40.2 Å². The summed E-state index contributed by atoms with van der Waals surface area (Å²) >= 11 is 0. The lowest BCUT2D eigenvalue weighted by atomic mass is 9.82. The molecule has 2 aromatic carbocycles. The summed E-state index contributed by atoms with van der Waals surface area (Å²) in [4.78, 5) is 62.4. The Morgan fingerprint density at radius 1 is 0.835 bits per heavy atom. The number of ether oxygens (including phenoxy) is 3. The maximum atomic E-state index is 16.0. The largest absolute Gasteiger partial charge is 0.453 e. The Balaban J connectivity index is 1.17. The number of nitrogens with one attached hydrogen (secondary N) is 4. The topological polar surface area (TPSA) is 205 Å². The highest BCUT2D eigenvalue weighted by atomic mass is 19.4. The van der Waals surface area contributed by atoms with Gasteiger partial charge in [0.15, 0.2) is 6.10 Å². The molecule has 0 radical (unpaired) electrons. The van der Waals surface area contributed by atoms with Gasteiger partial charge in [-0.3, -0.25) is 24.6 Å². The predicted octanol–water partition coefficient (Wildman–Crippen LogP) is 5.76. The van der Waals surface area contributed by atoms with Gasteiger partial charge in [0.25, 0.3) is 5.91 Å². The summed E-state index contributed by atoms with van der Waals surface area (Å²) in [6, 6.07) is 10.4. The third kappa shape index (κ3) is 13.9. The van der Waals surface area contributed by atoms with E-state index >= 15 is 8.78 Å². The van der Waals surface area contributed by atoms with Gasteiger partial charge in [0, 0.05) is 87.0 Å². The van der Waals surface area contributed by atoms with E-state index in [1.165, 1.54) is 29.1 Å². The number of nitrogens with zero attached hydrogens (tertiary/aromatic N) is 6. The Kier molecular flexibility index (Phi) is 18.2. The fourth-order valence-corrected chi connectivity index (χ4v) is 9.57. The van der Waals surface area contributed by atoms with Gasteiger partial charge in [-0.15, -0.1) is 0 Å². The maximum Gasteiger partial charge on any atom is 0.407 e. The molecular formula is C53H62F8N10O8. The number of hydrogen-bond acceptors (Lipinski definition) is 13. The van der Waals surface area contributed by atoms with Gasteiger partial charge in [0.1, 0.15) is 28.9 Å². The van der Waals surface area contributed by atoms with E-state index in [0.717, 1.165) is 71.3 Å². The first-order valence-electron chi connectivity index (χ1n) is 25.1. The Morgan fingerprint density at radius 2 is 1.44 bits per heavy atom. The van der Waals surface area contributed by atoms with Crippen molar-refractivity contribution in [3.63, 3.8) is 0 Å². The van der Waals surface area contributed by atoms with Crippen LogP contribution in [-0.2, 0) is 43.8 Å². The number of hydrazine groups is 1. The number of piperazine rings is 1. The summed E-state index contributed by atoms with van der Waals surface area (Å²) in [5.41, 5.74) is -3.33. The van der Waals surface area contributed by atoms with Crippen molar-refractivity contribution >= 4 is 29.8 Å². The van der Waals surface area contributed by atoms with Crippen LogP contribution in [0.4, 0.5) is 50.5 Å². The van der Waals surface area contributed by atoms with Crippen LogP contribution in [0.1, 0.15) is 62.8 Å². The van der Waals surface area contributed by atoms with Crippen LogP contribution >= 0.6 is 0 Å². The minimum absolute atomic E-state index is 0.0322. The number of anilines is 1. The molecule has 5 N–H and O–H groups in total. The number of pyridine rings is 1. The van der Waals surface area contributed by atoms with Crippen LogP contribution in [0.5, 0.6) is 0 Å². The Labute approximate surface area is 450 Å². The van der Waals surface area contributed by atoms with E-state index in [0.29, 0.717) is 67.5 Å². The minimum Gasteiger partial charge on any atom is -0.453 e. The Hall–Kier alpha value is -7.08. The quantitative estimate of drug-likeness (QED) is 0.0458. The summed E-state index contributed by atoms with van der Waals surface area (Å²) in [6.07, 6.45) is -13.1. The molecule has 0 saturated carbocycles. The number of fused-ring (bicyclic) bond motifs is 2. The molecule has 7 rings (SSSR count). The van der Waals surface area contributed by atoms with Crippen LogP contribution in [0.2, 0.25) is 0 Å². The molecule has 4 aromatic rings. The third-order valence-corrected chi connectivity index (χ3v) is 14.6. The second-order valence-corrected chi connectivity index (χ2v) is 20.9. The van der Waals surface area contributed by atoms with Crippen molar-refractivity contribution in [1.82, 2.24) is 46.0 Å². The van der Waals surface area contributed by atoms with Gasteiger partial charge in [-0.25, -0.2) is 28.4 Å². The van der Waals surface area contributed by atoms with E-state index in [2.05, 4.69) is 47.2 Å². The summed E-state index contributed by atoms with van der Waals surface area (Å²) < 4.78 is 135. The zero-order valence-corrected chi connectivity index (χ0v) is 44.3. The first-order chi connectivity index (χ1) is 37.1. The van der Waals surface area contributed by atoms with E-state index in [4.69, 9.17) is 9.47 Å². The number of aliphatic hydroxyl groups excluding tert-OH is 1. The van der Waals surface area contributed by atoms with Crippen molar-refractivity contribution in [1.29, 1.82) is 0 Å². The van der Waals surface area contributed by atoms with Gasteiger partial charge in [-0.1, -0.05) is 24.0 Å². The van der Waals surface area contributed by atoms with E-state index in [-0.39, 0.29) is 11.3 Å². The molecule has 3 fully saturated rings. The van der Waals surface area contributed by atoms with Gasteiger partial charge in [-0.05, 0) is 95.0 Å². The Morgan fingerprint density at radius 3 is 1.96 bits per heavy atom. The van der Waals surface area contributed by atoms with Gasteiger partial charge in [0.2, 0.25) is 5.91 Å². The minimum atomic E-state index is -5.22. The summed E-state index contributed by atoms with van der Waals surface area (Å²) in [5.74, 6) is 1.25. The third-order valence-electron chi connectivity index (χ3n) is 14.6. The molecule has 2 aromatic heterocycles. The van der Waals surface area contributed by atoms with Crippen LogP contribution in [0.3, 0.4) is 0 Å². The number of halogens is 8. The highest BCUT2D eigenvalue weighted by Crippen LogP contribution is 2.43. The van der Waals surface area contributed by atoms with E-state index in [1.54, 1.807) is 25.4 Å². The van der Waals surface area contributed by atoms with Crippen molar-refractivity contribution in [3.8, 4) is 23.1 Å². The lowest BCUT2D eigenvalue weighted by molar-refractivity contribution is -0.239. The SMILES string of the molecule is CNC(=O)O[C@H](C(=O)NN(Cc1c(F)cc(-c2ccn(C)n2)cc1F)C[C@H](O)[C@H](Cc1ccc(C#Cc2ccc(N3C[C@@H]4CC[C@@H](C3)N4C3COC3)nc2)cc1)NC(=O)[C@@H](NC(=O)OC)C(C)(C)C(F)(F)F)C(C)(C)C(F)(F)F. The average molecular weight is 1120 g/mol.